The molecule has 3 heterocycles. The van der Waals surface area contributed by atoms with Crippen LogP contribution in [0.3, 0.4) is 0 Å². The highest BCUT2D eigenvalue weighted by atomic mass is 32.1. The van der Waals surface area contributed by atoms with Crippen LogP contribution in [0, 0.1) is 0 Å². The van der Waals surface area contributed by atoms with Crippen LogP contribution in [0.2, 0.25) is 0 Å². The van der Waals surface area contributed by atoms with Crippen LogP contribution in [0.25, 0.3) is 6.08 Å². The predicted octanol–water partition coefficient (Wildman–Crippen LogP) is 5.21. The van der Waals surface area contributed by atoms with E-state index in [1.54, 1.807) is 41.8 Å². The Morgan fingerprint density at radius 3 is 2.53 bits per heavy atom. The molecule has 1 atom stereocenters. The lowest BCUT2D eigenvalue weighted by atomic mass is 10.0. The molecule has 0 bridgehead atoms. The molecule has 6 rings (SSSR count). The third kappa shape index (κ3) is 5.97. The lowest BCUT2D eigenvalue weighted by Gasteiger charge is -2.24. The van der Waals surface area contributed by atoms with Crippen molar-refractivity contribution in [1.82, 2.24) is 4.57 Å². The van der Waals surface area contributed by atoms with Gasteiger partial charge in [-0.05, 0) is 72.0 Å². The van der Waals surface area contributed by atoms with Crippen molar-refractivity contribution >= 4 is 46.3 Å². The van der Waals surface area contributed by atoms with E-state index in [1.807, 2.05) is 66.0 Å². The maximum absolute atomic E-state index is 13.8. The fraction of sp³-hybridized carbons (Fsp3) is 0.0909. The lowest BCUT2D eigenvalue weighted by Crippen LogP contribution is -2.40. The fourth-order valence-corrected chi connectivity index (χ4v) is 6.69. The number of rotatable bonds is 8. The molecule has 0 radical (unpaired) electrons. The maximum atomic E-state index is 13.8. The number of aromatic carboxylic acids is 1. The third-order valence-electron chi connectivity index (χ3n) is 6.87. The Hall–Kier alpha value is -5.06. The molecule has 0 spiro atoms. The molecule has 0 fully saturated rings. The first-order valence-corrected chi connectivity index (χ1v) is 15.0. The Morgan fingerprint density at radius 2 is 1.81 bits per heavy atom. The quantitative estimate of drug-likeness (QED) is 0.252. The average molecular weight is 608 g/mol. The number of carboxylic acid groups (broad SMARTS) is 1. The zero-order valence-electron chi connectivity index (χ0n) is 22.9. The zero-order chi connectivity index (χ0) is 29.9. The van der Waals surface area contributed by atoms with E-state index in [-0.39, 0.29) is 23.6 Å². The minimum absolute atomic E-state index is 0.207. The first-order valence-electron chi connectivity index (χ1n) is 13.3. The normalized spacial score (nSPS) is 14.6. The summed E-state index contributed by atoms with van der Waals surface area (Å²) in [6.45, 7) is 2.02. The van der Waals surface area contributed by atoms with E-state index in [9.17, 15) is 19.5 Å². The van der Waals surface area contributed by atoms with Gasteiger partial charge in [-0.1, -0.05) is 59.9 Å². The Kier molecular flexibility index (Phi) is 7.86. The van der Waals surface area contributed by atoms with E-state index in [4.69, 9.17) is 4.74 Å². The SMILES string of the molecule is CC1=C(C(=O)Nc2ccccc2)[C@H](c2cccs2)n2c(s/c(=C\c3ccc(OCc4cccc(C(=O)O)c4)cc3)c2=O)=N1. The van der Waals surface area contributed by atoms with Crippen molar-refractivity contribution in [3.63, 3.8) is 0 Å². The predicted molar refractivity (Wildman–Crippen MR) is 167 cm³/mol. The van der Waals surface area contributed by atoms with E-state index in [2.05, 4.69) is 10.3 Å². The zero-order valence-corrected chi connectivity index (χ0v) is 24.5. The van der Waals surface area contributed by atoms with Crippen LogP contribution in [0.1, 0.15) is 39.3 Å². The fourth-order valence-electron chi connectivity index (χ4n) is 4.82. The molecular formula is C33H25N3O5S2. The molecule has 10 heteroatoms. The molecule has 5 aromatic rings. The summed E-state index contributed by atoms with van der Waals surface area (Å²) in [4.78, 5) is 44.7. The summed E-state index contributed by atoms with van der Waals surface area (Å²) in [6.07, 6.45) is 1.80. The van der Waals surface area contributed by atoms with Crippen LogP contribution >= 0.6 is 22.7 Å². The highest BCUT2D eigenvalue weighted by Gasteiger charge is 2.33. The topological polar surface area (TPSA) is 110 Å². The van der Waals surface area contributed by atoms with Gasteiger partial charge in [-0.25, -0.2) is 9.79 Å². The first-order chi connectivity index (χ1) is 20.9. The second-order valence-corrected chi connectivity index (χ2v) is 11.8. The largest absolute Gasteiger partial charge is 0.489 e. The number of fused-ring (bicyclic) bond motifs is 1. The van der Waals surface area contributed by atoms with Crippen molar-refractivity contribution in [2.75, 3.05) is 5.32 Å². The Labute approximate surface area is 254 Å². The van der Waals surface area contributed by atoms with E-state index in [0.717, 1.165) is 16.0 Å². The molecule has 0 saturated heterocycles. The van der Waals surface area contributed by atoms with Gasteiger partial charge < -0.3 is 15.2 Å². The minimum Gasteiger partial charge on any atom is -0.489 e. The summed E-state index contributed by atoms with van der Waals surface area (Å²) in [5.74, 6) is -0.674. The van der Waals surface area contributed by atoms with Crippen LogP contribution in [0.5, 0.6) is 5.75 Å². The van der Waals surface area contributed by atoms with Crippen molar-refractivity contribution in [3.05, 3.63) is 149 Å². The van der Waals surface area contributed by atoms with Crippen molar-refractivity contribution in [1.29, 1.82) is 0 Å². The van der Waals surface area contributed by atoms with Crippen LogP contribution in [0.15, 0.2) is 117 Å². The molecule has 1 amide bonds. The highest BCUT2D eigenvalue weighted by Crippen LogP contribution is 2.33. The van der Waals surface area contributed by atoms with Gasteiger partial charge in [-0.3, -0.25) is 14.2 Å². The van der Waals surface area contributed by atoms with Gasteiger partial charge in [0.2, 0.25) is 0 Å². The van der Waals surface area contributed by atoms with E-state index in [0.29, 0.717) is 32.0 Å². The second-order valence-electron chi connectivity index (χ2n) is 9.78. The summed E-state index contributed by atoms with van der Waals surface area (Å²) in [7, 11) is 0. The number of carboxylic acids is 1. The van der Waals surface area contributed by atoms with Gasteiger partial charge >= 0.3 is 5.97 Å². The van der Waals surface area contributed by atoms with Gasteiger partial charge in [0.05, 0.1) is 21.4 Å². The van der Waals surface area contributed by atoms with E-state index < -0.39 is 12.0 Å². The number of benzene rings is 3. The Balaban J connectivity index is 1.28. The first kappa shape index (κ1) is 28.1. The molecule has 214 valence electrons. The third-order valence-corrected chi connectivity index (χ3v) is 8.78. The number of nitrogens with one attached hydrogen (secondary N) is 1. The summed E-state index contributed by atoms with van der Waals surface area (Å²) in [5, 5.41) is 14.1. The number of para-hydroxylation sites is 1. The standard InChI is InChI=1S/C33H25N3O5S2/c1-20-28(30(37)35-24-9-3-2-4-10-24)29(26-11-6-16-42-26)36-31(38)27(43-33(36)34-20)18-21-12-14-25(15-13-21)41-19-22-7-5-8-23(17-22)32(39)40/h2-18,29H,19H2,1H3,(H,35,37)(H,39,40)/b27-18-/t29-/m0/s1. The number of carbonyl (C=O) groups excluding carboxylic acids is 1. The molecule has 2 N–H and O–H groups in total. The molecule has 0 saturated carbocycles. The summed E-state index contributed by atoms with van der Waals surface area (Å²) in [6, 6.07) is 26.4. The van der Waals surface area contributed by atoms with Gasteiger partial charge in [-0.2, -0.15) is 0 Å². The highest BCUT2D eigenvalue weighted by molar-refractivity contribution is 7.10. The number of hydrogen-bond donors (Lipinski definition) is 2. The monoisotopic (exact) mass is 607 g/mol. The summed E-state index contributed by atoms with van der Waals surface area (Å²) in [5.41, 5.74) is 3.19. The molecule has 1 aliphatic heterocycles. The molecule has 1 aliphatic rings. The number of carbonyl (C=O) groups is 2. The van der Waals surface area contributed by atoms with Gasteiger partial charge in [0.1, 0.15) is 18.4 Å². The second kappa shape index (κ2) is 12.0. The number of thiophene rings is 1. The smallest absolute Gasteiger partial charge is 0.335 e. The molecule has 2 aromatic heterocycles. The number of ether oxygens (including phenoxy) is 1. The van der Waals surface area contributed by atoms with Gasteiger partial charge in [-0.15, -0.1) is 11.3 Å². The number of nitrogens with zero attached hydrogens (tertiary/aromatic N) is 2. The van der Waals surface area contributed by atoms with Crippen LogP contribution in [-0.2, 0) is 11.4 Å². The number of amides is 1. The minimum atomic E-state index is -0.986. The summed E-state index contributed by atoms with van der Waals surface area (Å²) >= 11 is 2.77. The number of hydrogen-bond acceptors (Lipinski definition) is 7. The molecule has 43 heavy (non-hydrogen) atoms. The Bertz CT molecular complexity index is 2030. The Morgan fingerprint density at radius 1 is 1.02 bits per heavy atom. The van der Waals surface area contributed by atoms with Crippen LogP contribution in [0.4, 0.5) is 5.69 Å². The number of thiazole rings is 1. The molecule has 0 unspecified atom stereocenters. The number of anilines is 1. The van der Waals surface area contributed by atoms with Gasteiger partial charge in [0.25, 0.3) is 11.5 Å². The van der Waals surface area contributed by atoms with Crippen molar-refractivity contribution in [2.24, 2.45) is 4.99 Å². The number of allylic oxidation sites excluding steroid dienone is 1. The van der Waals surface area contributed by atoms with Gasteiger partial charge in [0.15, 0.2) is 4.80 Å². The summed E-state index contributed by atoms with van der Waals surface area (Å²) < 4.78 is 7.94. The van der Waals surface area contributed by atoms with Crippen molar-refractivity contribution < 1.29 is 19.4 Å². The lowest BCUT2D eigenvalue weighted by molar-refractivity contribution is -0.113. The maximum Gasteiger partial charge on any atom is 0.335 e. The van der Waals surface area contributed by atoms with Crippen molar-refractivity contribution in [3.8, 4) is 5.75 Å². The van der Waals surface area contributed by atoms with E-state index >= 15 is 0 Å². The molecule has 0 aliphatic carbocycles. The number of aromatic nitrogens is 1. The molecule has 3 aromatic carbocycles. The van der Waals surface area contributed by atoms with Crippen LogP contribution in [-0.4, -0.2) is 21.6 Å². The van der Waals surface area contributed by atoms with Crippen molar-refractivity contribution in [2.45, 2.75) is 19.6 Å². The van der Waals surface area contributed by atoms with E-state index in [1.165, 1.54) is 28.7 Å². The average Bonchev–Trinajstić information content (AvgIpc) is 3.65. The van der Waals surface area contributed by atoms with Crippen LogP contribution < -0.4 is 24.9 Å². The molecule has 8 nitrogen and oxygen atoms in total. The van der Waals surface area contributed by atoms with Gasteiger partial charge in [0, 0.05) is 10.6 Å². The molecular weight excluding hydrogens is 583 g/mol.